The normalized spacial score (nSPS) is 23.6. The van der Waals surface area contributed by atoms with Crippen molar-refractivity contribution in [2.24, 2.45) is 5.92 Å². The largest absolute Gasteiger partial charge is 0.397 e. The molecule has 1 aliphatic rings. The molecule has 1 fully saturated rings. The Labute approximate surface area is 105 Å². The molecule has 1 aliphatic heterocycles. The molecular weight excluding hydrogens is 240 g/mol. The van der Waals surface area contributed by atoms with E-state index >= 15 is 0 Å². The van der Waals surface area contributed by atoms with Crippen LogP contribution in [-0.2, 0) is 9.53 Å². The highest BCUT2D eigenvalue weighted by molar-refractivity contribution is 6.34. The Morgan fingerprint density at radius 2 is 2.35 bits per heavy atom. The molecule has 1 heterocycles. The monoisotopic (exact) mass is 254 g/mol. The number of carbonyl (C=O) groups is 1. The van der Waals surface area contributed by atoms with Gasteiger partial charge in [0.2, 0.25) is 5.91 Å². The van der Waals surface area contributed by atoms with Crippen LogP contribution in [0.4, 0.5) is 11.4 Å². The Balaban J connectivity index is 2.13. The maximum absolute atomic E-state index is 12.0. The summed E-state index contributed by atoms with van der Waals surface area (Å²) in [7, 11) is 0. The first-order valence-electron chi connectivity index (χ1n) is 5.56. The Kier molecular flexibility index (Phi) is 3.54. The van der Waals surface area contributed by atoms with E-state index in [1.165, 1.54) is 0 Å². The van der Waals surface area contributed by atoms with Crippen molar-refractivity contribution in [3.05, 3.63) is 23.2 Å². The molecule has 17 heavy (non-hydrogen) atoms. The Hall–Kier alpha value is -1.26. The summed E-state index contributed by atoms with van der Waals surface area (Å²) in [5.74, 6) is -0.222. The van der Waals surface area contributed by atoms with Crippen LogP contribution < -0.4 is 11.1 Å². The van der Waals surface area contributed by atoms with Crippen LogP contribution in [0, 0.1) is 5.92 Å². The van der Waals surface area contributed by atoms with Crippen molar-refractivity contribution in [3.63, 3.8) is 0 Å². The van der Waals surface area contributed by atoms with E-state index in [0.29, 0.717) is 23.0 Å². The van der Waals surface area contributed by atoms with Gasteiger partial charge >= 0.3 is 0 Å². The molecule has 2 unspecified atom stereocenters. The number of nitrogens with two attached hydrogens (primary N) is 1. The molecule has 1 aromatic carbocycles. The van der Waals surface area contributed by atoms with E-state index in [2.05, 4.69) is 5.32 Å². The highest BCUT2D eigenvalue weighted by Crippen LogP contribution is 2.30. The number of nitrogen functional groups attached to an aromatic ring is 1. The van der Waals surface area contributed by atoms with Gasteiger partial charge in [-0.1, -0.05) is 17.7 Å². The molecule has 0 saturated carbocycles. The fourth-order valence-electron chi connectivity index (χ4n) is 1.96. The summed E-state index contributed by atoms with van der Waals surface area (Å²) in [4.78, 5) is 12.0. The quantitative estimate of drug-likeness (QED) is 0.796. The van der Waals surface area contributed by atoms with Crippen LogP contribution in [0.15, 0.2) is 18.2 Å². The Bertz CT molecular complexity index is 416. The van der Waals surface area contributed by atoms with Gasteiger partial charge in [0, 0.05) is 6.61 Å². The maximum Gasteiger partial charge on any atom is 0.230 e. The van der Waals surface area contributed by atoms with E-state index in [0.717, 1.165) is 6.42 Å². The van der Waals surface area contributed by atoms with Crippen LogP contribution in [0.1, 0.15) is 13.3 Å². The lowest BCUT2D eigenvalue weighted by molar-refractivity contribution is -0.121. The Morgan fingerprint density at radius 3 is 2.94 bits per heavy atom. The SMILES string of the molecule is CC1OCCC1C(=O)Nc1c(N)cccc1Cl. The molecule has 1 aromatic rings. The lowest BCUT2D eigenvalue weighted by Crippen LogP contribution is -2.28. The Morgan fingerprint density at radius 1 is 1.59 bits per heavy atom. The first-order valence-corrected chi connectivity index (χ1v) is 5.94. The maximum atomic E-state index is 12.0. The topological polar surface area (TPSA) is 64.3 Å². The van der Waals surface area contributed by atoms with Crippen molar-refractivity contribution in [3.8, 4) is 0 Å². The lowest BCUT2D eigenvalue weighted by Gasteiger charge is -2.15. The molecule has 2 rings (SSSR count). The minimum absolute atomic E-state index is 0.0567. The number of ether oxygens (including phenoxy) is 1. The fourth-order valence-corrected chi connectivity index (χ4v) is 2.19. The lowest BCUT2D eigenvalue weighted by atomic mass is 10.0. The molecular formula is C12H15ClN2O2. The van der Waals surface area contributed by atoms with E-state index in [-0.39, 0.29) is 17.9 Å². The summed E-state index contributed by atoms with van der Waals surface area (Å²) in [6.45, 7) is 2.52. The summed E-state index contributed by atoms with van der Waals surface area (Å²) in [5, 5.41) is 3.22. The van der Waals surface area contributed by atoms with Crippen molar-refractivity contribution >= 4 is 28.9 Å². The number of anilines is 2. The molecule has 0 radical (unpaired) electrons. The third-order valence-corrected chi connectivity index (χ3v) is 3.32. The van der Waals surface area contributed by atoms with Gasteiger partial charge in [0.05, 0.1) is 28.4 Å². The van der Waals surface area contributed by atoms with E-state index in [1.54, 1.807) is 18.2 Å². The standard InChI is InChI=1S/C12H15ClN2O2/c1-7-8(5-6-17-7)12(16)15-11-9(13)3-2-4-10(11)14/h2-4,7-8H,5-6,14H2,1H3,(H,15,16). The van der Waals surface area contributed by atoms with E-state index < -0.39 is 0 Å². The molecule has 1 saturated heterocycles. The molecule has 0 aromatic heterocycles. The molecule has 5 heteroatoms. The number of carbonyl (C=O) groups excluding carboxylic acids is 1. The van der Waals surface area contributed by atoms with Gasteiger partial charge in [0.25, 0.3) is 0 Å². The van der Waals surface area contributed by atoms with E-state index in [9.17, 15) is 4.79 Å². The summed E-state index contributed by atoms with van der Waals surface area (Å²) in [6, 6.07) is 5.15. The zero-order valence-corrected chi connectivity index (χ0v) is 10.3. The average Bonchev–Trinajstić information content (AvgIpc) is 2.70. The highest BCUT2D eigenvalue weighted by Gasteiger charge is 2.31. The van der Waals surface area contributed by atoms with E-state index in [4.69, 9.17) is 22.1 Å². The predicted octanol–water partition coefficient (Wildman–Crippen LogP) is 2.29. The van der Waals surface area contributed by atoms with Crippen LogP contribution in [-0.4, -0.2) is 18.6 Å². The van der Waals surface area contributed by atoms with Crippen molar-refractivity contribution in [1.29, 1.82) is 0 Å². The molecule has 1 amide bonds. The number of halogens is 1. The van der Waals surface area contributed by atoms with Gasteiger partial charge in [-0.25, -0.2) is 0 Å². The second kappa shape index (κ2) is 4.94. The smallest absolute Gasteiger partial charge is 0.230 e. The number of hydrogen-bond donors (Lipinski definition) is 2. The summed E-state index contributed by atoms with van der Waals surface area (Å²) >= 11 is 5.99. The third kappa shape index (κ3) is 2.53. The first kappa shape index (κ1) is 12.2. The minimum Gasteiger partial charge on any atom is -0.397 e. The summed E-state index contributed by atoms with van der Waals surface area (Å²) < 4.78 is 5.36. The van der Waals surface area contributed by atoms with Crippen LogP contribution in [0.2, 0.25) is 5.02 Å². The van der Waals surface area contributed by atoms with Gasteiger partial charge < -0.3 is 15.8 Å². The zero-order valence-electron chi connectivity index (χ0n) is 9.57. The predicted molar refractivity (Wildman–Crippen MR) is 68.0 cm³/mol. The number of hydrogen-bond acceptors (Lipinski definition) is 3. The molecule has 2 atom stereocenters. The van der Waals surface area contributed by atoms with E-state index in [1.807, 2.05) is 6.92 Å². The summed E-state index contributed by atoms with van der Waals surface area (Å²) in [6.07, 6.45) is 0.677. The van der Waals surface area contributed by atoms with Crippen molar-refractivity contribution in [2.75, 3.05) is 17.7 Å². The zero-order chi connectivity index (χ0) is 12.4. The average molecular weight is 255 g/mol. The number of para-hydroxylation sites is 1. The second-order valence-corrected chi connectivity index (χ2v) is 4.57. The van der Waals surface area contributed by atoms with Gasteiger partial charge in [0.15, 0.2) is 0 Å². The van der Waals surface area contributed by atoms with Gasteiger partial charge in [-0.3, -0.25) is 4.79 Å². The minimum atomic E-state index is -0.134. The van der Waals surface area contributed by atoms with Crippen LogP contribution in [0.5, 0.6) is 0 Å². The summed E-state index contributed by atoms with van der Waals surface area (Å²) in [5.41, 5.74) is 6.73. The van der Waals surface area contributed by atoms with Crippen molar-refractivity contribution in [2.45, 2.75) is 19.4 Å². The van der Waals surface area contributed by atoms with Gasteiger partial charge in [-0.05, 0) is 25.5 Å². The van der Waals surface area contributed by atoms with Gasteiger partial charge in [-0.2, -0.15) is 0 Å². The molecule has 0 aliphatic carbocycles. The van der Waals surface area contributed by atoms with Crippen molar-refractivity contribution in [1.82, 2.24) is 0 Å². The van der Waals surface area contributed by atoms with Gasteiger partial charge in [-0.15, -0.1) is 0 Å². The van der Waals surface area contributed by atoms with Crippen LogP contribution >= 0.6 is 11.6 Å². The number of nitrogens with one attached hydrogen (secondary N) is 1. The third-order valence-electron chi connectivity index (χ3n) is 3.01. The molecule has 0 bridgehead atoms. The number of rotatable bonds is 2. The first-order chi connectivity index (χ1) is 8.09. The van der Waals surface area contributed by atoms with Crippen LogP contribution in [0.25, 0.3) is 0 Å². The fraction of sp³-hybridized carbons (Fsp3) is 0.417. The molecule has 0 spiro atoms. The van der Waals surface area contributed by atoms with Gasteiger partial charge in [0.1, 0.15) is 0 Å². The number of amides is 1. The molecule has 3 N–H and O–H groups in total. The second-order valence-electron chi connectivity index (χ2n) is 4.16. The molecule has 4 nitrogen and oxygen atoms in total. The van der Waals surface area contributed by atoms with Crippen LogP contribution in [0.3, 0.4) is 0 Å². The highest BCUT2D eigenvalue weighted by atomic mass is 35.5. The number of benzene rings is 1. The molecule has 92 valence electrons. The van der Waals surface area contributed by atoms with Crippen molar-refractivity contribution < 1.29 is 9.53 Å².